The highest BCUT2D eigenvalue weighted by Crippen LogP contribution is 2.30. The summed E-state index contributed by atoms with van der Waals surface area (Å²) in [6.07, 6.45) is 10.7. The lowest BCUT2D eigenvalue weighted by molar-refractivity contribution is 0.184. The van der Waals surface area contributed by atoms with Crippen molar-refractivity contribution in [2.24, 2.45) is 5.92 Å². The first-order valence-corrected chi connectivity index (χ1v) is 9.72. The summed E-state index contributed by atoms with van der Waals surface area (Å²) in [5.74, 6) is 3.13. The van der Waals surface area contributed by atoms with Crippen molar-refractivity contribution in [3.8, 4) is 0 Å². The molecule has 0 aromatic rings. The van der Waals surface area contributed by atoms with E-state index in [0.29, 0.717) is 6.61 Å². The third-order valence-electron chi connectivity index (χ3n) is 4.78. The fraction of sp³-hybridized carbons (Fsp3) is 1.00. The van der Waals surface area contributed by atoms with E-state index >= 15 is 0 Å². The molecule has 1 saturated heterocycles. The molecular formula is C16H32N2OS. The molecule has 1 heterocycles. The molecule has 3 nitrogen and oxygen atoms in total. The predicted molar refractivity (Wildman–Crippen MR) is 88.4 cm³/mol. The van der Waals surface area contributed by atoms with E-state index < -0.39 is 0 Å². The average Bonchev–Trinajstić information content (AvgIpc) is 2.52. The van der Waals surface area contributed by atoms with Gasteiger partial charge in [-0.1, -0.05) is 19.3 Å². The van der Waals surface area contributed by atoms with Gasteiger partial charge in [-0.2, -0.15) is 11.8 Å². The standard InChI is InChI=1S/C16H32N2OS/c19-11-5-12-20-13-10-18-16-7-2-1-6-14(16)15-8-3-4-9-17-15/h14-19H,1-13H2. The number of hydrogen-bond acceptors (Lipinski definition) is 4. The van der Waals surface area contributed by atoms with Crippen molar-refractivity contribution in [2.75, 3.05) is 31.2 Å². The van der Waals surface area contributed by atoms with Crippen molar-refractivity contribution in [1.82, 2.24) is 10.6 Å². The zero-order chi connectivity index (χ0) is 14.0. The van der Waals surface area contributed by atoms with E-state index in [-0.39, 0.29) is 0 Å². The monoisotopic (exact) mass is 300 g/mol. The molecule has 0 aromatic heterocycles. The van der Waals surface area contributed by atoms with Crippen molar-refractivity contribution in [3.63, 3.8) is 0 Å². The molecule has 0 bridgehead atoms. The molecular weight excluding hydrogens is 268 g/mol. The van der Waals surface area contributed by atoms with Crippen molar-refractivity contribution in [3.05, 3.63) is 0 Å². The van der Waals surface area contributed by atoms with E-state index in [2.05, 4.69) is 10.6 Å². The number of aliphatic hydroxyl groups is 1. The molecule has 2 fully saturated rings. The first-order valence-electron chi connectivity index (χ1n) is 8.57. The molecule has 3 N–H and O–H groups in total. The zero-order valence-electron chi connectivity index (χ0n) is 12.8. The minimum Gasteiger partial charge on any atom is -0.396 e. The summed E-state index contributed by atoms with van der Waals surface area (Å²) >= 11 is 1.97. The summed E-state index contributed by atoms with van der Waals surface area (Å²) in [6, 6.07) is 1.50. The van der Waals surface area contributed by atoms with Gasteiger partial charge in [-0.05, 0) is 50.3 Å². The van der Waals surface area contributed by atoms with Crippen LogP contribution in [0.4, 0.5) is 0 Å². The van der Waals surface area contributed by atoms with Gasteiger partial charge in [0.05, 0.1) is 0 Å². The summed E-state index contributed by atoms with van der Waals surface area (Å²) in [6.45, 7) is 2.69. The Kier molecular flexibility index (Phi) is 8.33. The second kappa shape index (κ2) is 10.0. The van der Waals surface area contributed by atoms with Crippen LogP contribution in [0.2, 0.25) is 0 Å². The van der Waals surface area contributed by atoms with Gasteiger partial charge >= 0.3 is 0 Å². The van der Waals surface area contributed by atoms with Crippen LogP contribution in [0.1, 0.15) is 51.4 Å². The van der Waals surface area contributed by atoms with Crippen LogP contribution < -0.4 is 10.6 Å². The first kappa shape index (κ1) is 16.6. The number of rotatable bonds is 8. The van der Waals surface area contributed by atoms with Gasteiger partial charge in [0.15, 0.2) is 0 Å². The van der Waals surface area contributed by atoms with Crippen molar-refractivity contribution < 1.29 is 5.11 Å². The molecule has 0 amide bonds. The largest absolute Gasteiger partial charge is 0.396 e. The highest BCUT2D eigenvalue weighted by Gasteiger charge is 2.31. The summed E-state index contributed by atoms with van der Waals surface area (Å²) in [5, 5.41) is 16.4. The van der Waals surface area contributed by atoms with Gasteiger partial charge in [-0.15, -0.1) is 0 Å². The maximum absolute atomic E-state index is 8.77. The lowest BCUT2D eigenvalue weighted by Gasteiger charge is -2.40. The van der Waals surface area contributed by atoms with Crippen LogP contribution in [0, 0.1) is 5.92 Å². The Morgan fingerprint density at radius 3 is 2.70 bits per heavy atom. The van der Waals surface area contributed by atoms with Gasteiger partial charge in [-0.25, -0.2) is 0 Å². The average molecular weight is 301 g/mol. The summed E-state index contributed by atoms with van der Waals surface area (Å²) < 4.78 is 0. The minimum atomic E-state index is 0.332. The van der Waals surface area contributed by atoms with Gasteiger partial charge in [0.25, 0.3) is 0 Å². The highest BCUT2D eigenvalue weighted by atomic mass is 32.2. The normalized spacial score (nSPS) is 31.4. The third-order valence-corrected chi connectivity index (χ3v) is 5.85. The zero-order valence-corrected chi connectivity index (χ0v) is 13.6. The molecule has 0 radical (unpaired) electrons. The number of aliphatic hydroxyl groups excluding tert-OH is 1. The molecule has 3 unspecified atom stereocenters. The quantitative estimate of drug-likeness (QED) is 0.602. The van der Waals surface area contributed by atoms with Crippen LogP contribution in [0.5, 0.6) is 0 Å². The summed E-state index contributed by atoms with van der Waals surface area (Å²) in [4.78, 5) is 0. The maximum Gasteiger partial charge on any atom is 0.0438 e. The molecule has 4 heteroatoms. The van der Waals surface area contributed by atoms with Gasteiger partial charge < -0.3 is 15.7 Å². The molecule has 0 spiro atoms. The summed E-state index contributed by atoms with van der Waals surface area (Å²) in [7, 11) is 0. The minimum absolute atomic E-state index is 0.332. The topological polar surface area (TPSA) is 44.3 Å². The van der Waals surface area contributed by atoms with Gasteiger partial charge in [-0.3, -0.25) is 0 Å². The Labute approximate surface area is 128 Å². The number of piperidine rings is 1. The van der Waals surface area contributed by atoms with E-state index in [1.807, 2.05) is 11.8 Å². The van der Waals surface area contributed by atoms with Crippen molar-refractivity contribution in [2.45, 2.75) is 63.5 Å². The van der Waals surface area contributed by atoms with E-state index in [1.54, 1.807) is 0 Å². The molecule has 1 saturated carbocycles. The van der Waals surface area contributed by atoms with E-state index in [4.69, 9.17) is 5.11 Å². The van der Waals surface area contributed by atoms with Crippen LogP contribution in [0.25, 0.3) is 0 Å². The van der Waals surface area contributed by atoms with E-state index in [9.17, 15) is 0 Å². The summed E-state index contributed by atoms with van der Waals surface area (Å²) in [5.41, 5.74) is 0. The third kappa shape index (κ3) is 5.55. The van der Waals surface area contributed by atoms with Crippen LogP contribution in [0.15, 0.2) is 0 Å². The van der Waals surface area contributed by atoms with Crippen molar-refractivity contribution >= 4 is 11.8 Å². The predicted octanol–water partition coefficient (Wildman–Crippen LogP) is 2.39. The molecule has 20 heavy (non-hydrogen) atoms. The highest BCUT2D eigenvalue weighted by molar-refractivity contribution is 7.99. The lowest BCUT2D eigenvalue weighted by atomic mass is 9.77. The molecule has 0 aromatic carbocycles. The Morgan fingerprint density at radius 1 is 1.05 bits per heavy atom. The van der Waals surface area contributed by atoms with Gasteiger partial charge in [0.1, 0.15) is 0 Å². The van der Waals surface area contributed by atoms with Crippen LogP contribution in [-0.2, 0) is 0 Å². The number of thioether (sulfide) groups is 1. The fourth-order valence-electron chi connectivity index (χ4n) is 3.72. The number of nitrogens with one attached hydrogen (secondary N) is 2. The van der Waals surface area contributed by atoms with Gasteiger partial charge in [0.2, 0.25) is 0 Å². The Bertz CT molecular complexity index is 247. The second-order valence-electron chi connectivity index (χ2n) is 6.25. The molecule has 3 atom stereocenters. The molecule has 1 aliphatic heterocycles. The SMILES string of the molecule is OCCCSCCNC1CCCCC1C1CCCCN1. The Morgan fingerprint density at radius 2 is 1.90 bits per heavy atom. The van der Waals surface area contributed by atoms with E-state index in [1.165, 1.54) is 57.2 Å². The van der Waals surface area contributed by atoms with Crippen LogP contribution in [0.3, 0.4) is 0 Å². The number of hydrogen-bond donors (Lipinski definition) is 3. The fourth-order valence-corrected chi connectivity index (χ4v) is 4.52. The first-order chi connectivity index (χ1) is 9.92. The second-order valence-corrected chi connectivity index (χ2v) is 7.48. The Balaban J connectivity index is 1.67. The van der Waals surface area contributed by atoms with Gasteiger partial charge in [0, 0.05) is 31.0 Å². The smallest absolute Gasteiger partial charge is 0.0438 e. The molecule has 118 valence electrons. The molecule has 2 rings (SSSR count). The van der Waals surface area contributed by atoms with E-state index in [0.717, 1.165) is 36.7 Å². The lowest BCUT2D eigenvalue weighted by Crippen LogP contribution is -2.50. The molecule has 2 aliphatic rings. The maximum atomic E-state index is 8.77. The van der Waals surface area contributed by atoms with Crippen LogP contribution in [-0.4, -0.2) is 48.4 Å². The molecule has 1 aliphatic carbocycles. The van der Waals surface area contributed by atoms with Crippen LogP contribution >= 0.6 is 11.8 Å². The Hall–Kier alpha value is 0.230. The van der Waals surface area contributed by atoms with Crippen molar-refractivity contribution in [1.29, 1.82) is 0 Å².